The smallest absolute Gasteiger partial charge is 0.193 e. The number of ether oxygens (including phenoxy) is 2. The molecular weight excluding hydrogens is 302 g/mol. The third kappa shape index (κ3) is 6.13. The minimum atomic E-state index is 0.610. The number of benzene rings is 1. The predicted octanol–water partition coefficient (Wildman–Crippen LogP) is 2.49. The molecule has 0 aromatic heterocycles. The zero-order valence-corrected chi connectivity index (χ0v) is 15.0. The maximum absolute atomic E-state index is 5.48. The molecule has 1 heterocycles. The molecule has 1 saturated heterocycles. The molecule has 0 saturated carbocycles. The van der Waals surface area contributed by atoms with Crippen molar-refractivity contribution in [2.24, 2.45) is 4.99 Å². The summed E-state index contributed by atoms with van der Waals surface area (Å²) in [6.45, 7) is 5.20. The van der Waals surface area contributed by atoms with E-state index in [4.69, 9.17) is 9.47 Å². The zero-order valence-electron chi connectivity index (χ0n) is 15.0. The van der Waals surface area contributed by atoms with Gasteiger partial charge in [0.05, 0.1) is 13.2 Å². The maximum Gasteiger partial charge on any atom is 0.193 e. The summed E-state index contributed by atoms with van der Waals surface area (Å²) in [7, 11) is 3.56. The first-order valence-corrected chi connectivity index (χ1v) is 8.92. The van der Waals surface area contributed by atoms with Crippen molar-refractivity contribution in [3.8, 4) is 0 Å². The lowest BCUT2D eigenvalue weighted by atomic mass is 9.99. The van der Waals surface area contributed by atoms with Gasteiger partial charge in [0.15, 0.2) is 5.96 Å². The average Bonchev–Trinajstić information content (AvgIpc) is 3.11. The van der Waals surface area contributed by atoms with Crippen LogP contribution in [0.3, 0.4) is 0 Å². The van der Waals surface area contributed by atoms with Gasteiger partial charge in [-0.05, 0) is 24.8 Å². The van der Waals surface area contributed by atoms with Crippen molar-refractivity contribution in [2.75, 3.05) is 53.6 Å². The van der Waals surface area contributed by atoms with Crippen LogP contribution < -0.4 is 5.32 Å². The summed E-state index contributed by atoms with van der Waals surface area (Å²) in [6.07, 6.45) is 3.33. The minimum Gasteiger partial charge on any atom is -0.382 e. The summed E-state index contributed by atoms with van der Waals surface area (Å²) < 4.78 is 10.4. The Hall–Kier alpha value is -1.59. The first-order valence-electron chi connectivity index (χ1n) is 8.92. The standard InChI is InChI=1S/C19H31N3O2/c1-20-19(21-11-6-7-13-24-15-14-23-2)22-12-10-18(16-22)17-8-4-3-5-9-17/h3-5,8-9,18H,6-7,10-16H2,1-2H3,(H,20,21). The van der Waals surface area contributed by atoms with Crippen LogP contribution >= 0.6 is 0 Å². The normalized spacial score (nSPS) is 18.2. The van der Waals surface area contributed by atoms with Crippen LogP contribution in [0.2, 0.25) is 0 Å². The molecule has 5 heteroatoms. The van der Waals surface area contributed by atoms with E-state index in [-0.39, 0.29) is 0 Å². The molecule has 1 aliphatic heterocycles. The number of nitrogens with zero attached hydrogens (tertiary/aromatic N) is 2. The predicted molar refractivity (Wildman–Crippen MR) is 98.7 cm³/mol. The van der Waals surface area contributed by atoms with Gasteiger partial charge in [-0.3, -0.25) is 4.99 Å². The molecule has 2 rings (SSSR count). The molecule has 0 spiro atoms. The Morgan fingerprint density at radius 1 is 1.21 bits per heavy atom. The number of guanidine groups is 1. The van der Waals surface area contributed by atoms with E-state index in [0.717, 1.165) is 45.0 Å². The second kappa shape index (κ2) is 11.0. The molecule has 0 aliphatic carbocycles. The van der Waals surface area contributed by atoms with E-state index in [1.54, 1.807) is 7.11 Å². The van der Waals surface area contributed by atoms with Gasteiger partial charge in [-0.1, -0.05) is 30.3 Å². The average molecular weight is 333 g/mol. The fourth-order valence-electron chi connectivity index (χ4n) is 3.06. The molecule has 1 fully saturated rings. The van der Waals surface area contributed by atoms with Gasteiger partial charge < -0.3 is 19.7 Å². The number of unbranched alkanes of at least 4 members (excludes halogenated alkanes) is 1. The van der Waals surface area contributed by atoms with E-state index >= 15 is 0 Å². The molecule has 1 unspecified atom stereocenters. The van der Waals surface area contributed by atoms with E-state index in [1.807, 2.05) is 7.05 Å². The van der Waals surface area contributed by atoms with Crippen LogP contribution in [0.5, 0.6) is 0 Å². The fraction of sp³-hybridized carbons (Fsp3) is 0.632. The van der Waals surface area contributed by atoms with Crippen molar-refractivity contribution < 1.29 is 9.47 Å². The van der Waals surface area contributed by atoms with Crippen LogP contribution in [0.15, 0.2) is 35.3 Å². The molecule has 0 radical (unpaired) electrons. The first-order chi connectivity index (χ1) is 11.8. The monoisotopic (exact) mass is 333 g/mol. The van der Waals surface area contributed by atoms with Crippen molar-refractivity contribution in [3.05, 3.63) is 35.9 Å². The van der Waals surface area contributed by atoms with Crippen molar-refractivity contribution in [1.29, 1.82) is 0 Å². The van der Waals surface area contributed by atoms with E-state index < -0.39 is 0 Å². The molecule has 0 bridgehead atoms. The molecule has 1 atom stereocenters. The van der Waals surface area contributed by atoms with E-state index in [2.05, 4.69) is 45.5 Å². The van der Waals surface area contributed by atoms with Gasteiger partial charge in [-0.2, -0.15) is 0 Å². The molecular formula is C19H31N3O2. The number of nitrogens with one attached hydrogen (secondary N) is 1. The van der Waals surface area contributed by atoms with Gasteiger partial charge in [-0.15, -0.1) is 0 Å². The maximum atomic E-state index is 5.48. The SMILES string of the molecule is CN=C(NCCCCOCCOC)N1CCC(c2ccccc2)C1. The minimum absolute atomic E-state index is 0.610. The van der Waals surface area contributed by atoms with Crippen LogP contribution in [0.1, 0.15) is 30.7 Å². The second-order valence-electron chi connectivity index (χ2n) is 6.13. The van der Waals surface area contributed by atoms with Gasteiger partial charge >= 0.3 is 0 Å². The Morgan fingerprint density at radius 3 is 2.79 bits per heavy atom. The zero-order chi connectivity index (χ0) is 17.0. The Bertz CT molecular complexity index is 479. The fourth-order valence-corrected chi connectivity index (χ4v) is 3.06. The molecule has 1 aromatic carbocycles. The Kier molecular flexibility index (Phi) is 8.63. The number of rotatable bonds is 9. The van der Waals surface area contributed by atoms with Crippen molar-refractivity contribution in [3.63, 3.8) is 0 Å². The van der Waals surface area contributed by atoms with Gasteiger partial charge in [-0.25, -0.2) is 0 Å². The van der Waals surface area contributed by atoms with Gasteiger partial charge in [0.1, 0.15) is 0 Å². The topological polar surface area (TPSA) is 46.1 Å². The summed E-state index contributed by atoms with van der Waals surface area (Å²) in [5.41, 5.74) is 1.43. The third-order valence-electron chi connectivity index (χ3n) is 4.40. The second-order valence-corrected chi connectivity index (χ2v) is 6.13. The highest BCUT2D eigenvalue weighted by molar-refractivity contribution is 5.80. The lowest BCUT2D eigenvalue weighted by Crippen LogP contribution is -2.40. The highest BCUT2D eigenvalue weighted by atomic mass is 16.5. The Balaban J connectivity index is 1.64. The molecule has 5 nitrogen and oxygen atoms in total. The molecule has 24 heavy (non-hydrogen) atoms. The van der Waals surface area contributed by atoms with Crippen LogP contribution in [0.25, 0.3) is 0 Å². The molecule has 1 aliphatic rings. The summed E-state index contributed by atoms with van der Waals surface area (Å²) >= 11 is 0. The largest absolute Gasteiger partial charge is 0.382 e. The third-order valence-corrected chi connectivity index (χ3v) is 4.40. The van der Waals surface area contributed by atoms with Crippen molar-refractivity contribution >= 4 is 5.96 Å². The summed E-state index contributed by atoms with van der Waals surface area (Å²) in [6, 6.07) is 10.8. The summed E-state index contributed by atoms with van der Waals surface area (Å²) in [5.74, 6) is 1.63. The molecule has 1 aromatic rings. The first kappa shape index (κ1) is 18.7. The lowest BCUT2D eigenvalue weighted by Gasteiger charge is -2.21. The number of aliphatic imine (C=N–C) groups is 1. The van der Waals surface area contributed by atoms with E-state index in [1.165, 1.54) is 12.0 Å². The summed E-state index contributed by atoms with van der Waals surface area (Å²) in [4.78, 5) is 6.81. The number of likely N-dealkylation sites (tertiary alicyclic amines) is 1. The van der Waals surface area contributed by atoms with Crippen molar-refractivity contribution in [1.82, 2.24) is 10.2 Å². The molecule has 0 amide bonds. The van der Waals surface area contributed by atoms with Gasteiger partial charge in [0.2, 0.25) is 0 Å². The lowest BCUT2D eigenvalue weighted by molar-refractivity contribution is 0.0689. The van der Waals surface area contributed by atoms with Crippen LogP contribution in [0, 0.1) is 0 Å². The number of hydrogen-bond donors (Lipinski definition) is 1. The van der Waals surface area contributed by atoms with E-state index in [0.29, 0.717) is 19.1 Å². The highest BCUT2D eigenvalue weighted by Crippen LogP contribution is 2.26. The number of hydrogen-bond acceptors (Lipinski definition) is 3. The van der Waals surface area contributed by atoms with Crippen LogP contribution in [-0.2, 0) is 9.47 Å². The molecule has 1 N–H and O–H groups in total. The number of methoxy groups -OCH3 is 1. The Labute approximate surface area is 146 Å². The molecule has 134 valence electrons. The van der Waals surface area contributed by atoms with Crippen molar-refractivity contribution in [2.45, 2.75) is 25.2 Å². The summed E-state index contributed by atoms with van der Waals surface area (Å²) in [5, 5.41) is 3.48. The van der Waals surface area contributed by atoms with E-state index in [9.17, 15) is 0 Å². The highest BCUT2D eigenvalue weighted by Gasteiger charge is 2.25. The Morgan fingerprint density at radius 2 is 2.04 bits per heavy atom. The van der Waals surface area contributed by atoms with Gasteiger partial charge in [0.25, 0.3) is 0 Å². The van der Waals surface area contributed by atoms with Crippen LogP contribution in [0.4, 0.5) is 0 Å². The quantitative estimate of drug-likeness (QED) is 0.428. The van der Waals surface area contributed by atoms with Gasteiger partial charge in [0, 0.05) is 46.3 Å². The van der Waals surface area contributed by atoms with Crippen LogP contribution in [-0.4, -0.2) is 64.5 Å².